The summed E-state index contributed by atoms with van der Waals surface area (Å²) in [5.41, 5.74) is 4.35. The summed E-state index contributed by atoms with van der Waals surface area (Å²) in [6, 6.07) is 15.0. The largest absolute Gasteiger partial charge is 0.480 e. The van der Waals surface area contributed by atoms with E-state index in [2.05, 4.69) is 0 Å². The Labute approximate surface area is 141 Å². The van der Waals surface area contributed by atoms with E-state index < -0.39 is 12.0 Å². The van der Waals surface area contributed by atoms with Gasteiger partial charge in [0.1, 0.15) is 6.04 Å². The molecule has 24 heavy (non-hydrogen) atoms. The minimum atomic E-state index is -0.936. The molecule has 0 fully saturated rings. The fourth-order valence-electron chi connectivity index (χ4n) is 3.28. The van der Waals surface area contributed by atoms with Crippen LogP contribution < -0.4 is 0 Å². The van der Waals surface area contributed by atoms with Crippen LogP contribution in [0.15, 0.2) is 48.5 Å². The van der Waals surface area contributed by atoms with Crippen molar-refractivity contribution in [3.63, 3.8) is 0 Å². The van der Waals surface area contributed by atoms with E-state index in [1.54, 1.807) is 0 Å². The molecule has 0 aliphatic carbocycles. The maximum Gasteiger partial charge on any atom is 0.326 e. The molecule has 1 atom stereocenters. The van der Waals surface area contributed by atoms with Crippen LogP contribution in [0.1, 0.15) is 28.7 Å². The van der Waals surface area contributed by atoms with Crippen LogP contribution in [-0.2, 0) is 29.0 Å². The normalized spacial score (nSPS) is 16.5. The highest BCUT2D eigenvalue weighted by molar-refractivity contribution is 5.84. The van der Waals surface area contributed by atoms with Crippen molar-refractivity contribution in [2.75, 3.05) is 0 Å². The Morgan fingerprint density at radius 3 is 2.46 bits per heavy atom. The number of amides is 1. The van der Waals surface area contributed by atoms with Crippen LogP contribution in [0.25, 0.3) is 0 Å². The summed E-state index contributed by atoms with van der Waals surface area (Å²) in [7, 11) is 0. The highest BCUT2D eigenvalue weighted by Crippen LogP contribution is 2.24. The standard InChI is InChI=1S/C20H21NO3/c1-14-6-2-3-7-15(14)10-11-19(22)21-13-17-9-5-4-8-16(17)12-18(21)20(23)24/h2-9,18H,10-13H2,1H3,(H,23,24). The van der Waals surface area contributed by atoms with Gasteiger partial charge in [0, 0.05) is 19.4 Å². The number of benzene rings is 2. The first-order chi connectivity index (χ1) is 11.6. The van der Waals surface area contributed by atoms with E-state index in [4.69, 9.17) is 0 Å². The smallest absolute Gasteiger partial charge is 0.326 e. The van der Waals surface area contributed by atoms with Crippen molar-refractivity contribution in [1.29, 1.82) is 0 Å². The number of hydrogen-bond donors (Lipinski definition) is 1. The average Bonchev–Trinajstić information content (AvgIpc) is 2.59. The Morgan fingerprint density at radius 1 is 1.08 bits per heavy atom. The molecule has 1 amide bonds. The van der Waals surface area contributed by atoms with Crippen molar-refractivity contribution >= 4 is 11.9 Å². The van der Waals surface area contributed by atoms with Crippen LogP contribution in [-0.4, -0.2) is 27.9 Å². The number of rotatable bonds is 4. The predicted molar refractivity (Wildman–Crippen MR) is 91.6 cm³/mol. The van der Waals surface area contributed by atoms with Crippen LogP contribution in [0.5, 0.6) is 0 Å². The zero-order valence-electron chi connectivity index (χ0n) is 13.7. The zero-order valence-corrected chi connectivity index (χ0v) is 13.7. The third kappa shape index (κ3) is 3.32. The quantitative estimate of drug-likeness (QED) is 0.941. The first kappa shape index (κ1) is 16.2. The van der Waals surface area contributed by atoms with Crippen molar-refractivity contribution < 1.29 is 14.7 Å². The molecular weight excluding hydrogens is 302 g/mol. The van der Waals surface area contributed by atoms with Crippen LogP contribution in [0, 0.1) is 6.92 Å². The molecule has 0 bridgehead atoms. The molecule has 2 aromatic carbocycles. The minimum absolute atomic E-state index is 0.0971. The second kappa shape index (κ2) is 6.87. The molecule has 0 aromatic heterocycles. The maximum absolute atomic E-state index is 12.7. The average molecular weight is 323 g/mol. The van der Waals surface area contributed by atoms with Gasteiger partial charge < -0.3 is 10.0 Å². The molecule has 1 heterocycles. The molecule has 0 saturated heterocycles. The number of nitrogens with zero attached hydrogens (tertiary/aromatic N) is 1. The van der Waals surface area contributed by atoms with E-state index in [9.17, 15) is 14.7 Å². The Balaban J connectivity index is 1.75. The second-order valence-corrected chi connectivity index (χ2v) is 6.27. The van der Waals surface area contributed by atoms with Gasteiger partial charge in [0.2, 0.25) is 5.91 Å². The minimum Gasteiger partial charge on any atom is -0.480 e. The lowest BCUT2D eigenvalue weighted by Crippen LogP contribution is -2.48. The Bertz CT molecular complexity index is 769. The van der Waals surface area contributed by atoms with Crippen LogP contribution in [0.2, 0.25) is 0 Å². The van der Waals surface area contributed by atoms with Crippen LogP contribution in [0.4, 0.5) is 0 Å². The van der Waals surface area contributed by atoms with Crippen molar-refractivity contribution in [3.05, 3.63) is 70.8 Å². The van der Waals surface area contributed by atoms with E-state index >= 15 is 0 Å². The maximum atomic E-state index is 12.7. The van der Waals surface area contributed by atoms with Gasteiger partial charge in [-0.15, -0.1) is 0 Å². The Morgan fingerprint density at radius 2 is 1.75 bits per heavy atom. The summed E-state index contributed by atoms with van der Waals surface area (Å²) in [6.07, 6.45) is 1.34. The van der Waals surface area contributed by atoms with Gasteiger partial charge in [0.15, 0.2) is 0 Å². The lowest BCUT2D eigenvalue weighted by molar-refractivity contribution is -0.151. The first-order valence-electron chi connectivity index (χ1n) is 8.20. The van der Waals surface area contributed by atoms with Gasteiger partial charge in [-0.3, -0.25) is 4.79 Å². The number of carbonyl (C=O) groups is 2. The number of carbonyl (C=O) groups excluding carboxylic acids is 1. The Hall–Kier alpha value is -2.62. The molecule has 1 aliphatic rings. The number of carboxylic acids is 1. The summed E-state index contributed by atoms with van der Waals surface area (Å²) in [6.45, 7) is 2.40. The number of fused-ring (bicyclic) bond motifs is 1. The molecule has 1 N–H and O–H groups in total. The third-order valence-corrected chi connectivity index (χ3v) is 4.72. The van der Waals surface area contributed by atoms with Crippen LogP contribution >= 0.6 is 0 Å². The molecule has 0 spiro atoms. The number of hydrogen-bond acceptors (Lipinski definition) is 2. The fraction of sp³-hybridized carbons (Fsp3) is 0.300. The highest BCUT2D eigenvalue weighted by Gasteiger charge is 2.34. The topological polar surface area (TPSA) is 57.6 Å². The second-order valence-electron chi connectivity index (χ2n) is 6.27. The number of aliphatic carboxylic acids is 1. The van der Waals surface area contributed by atoms with E-state index in [-0.39, 0.29) is 5.91 Å². The molecule has 0 saturated carbocycles. The molecule has 4 heteroatoms. The molecule has 3 rings (SSSR count). The fourth-order valence-corrected chi connectivity index (χ4v) is 3.28. The molecular formula is C20H21NO3. The summed E-state index contributed by atoms with van der Waals surface area (Å²) in [5, 5.41) is 9.52. The van der Waals surface area contributed by atoms with Gasteiger partial charge in [-0.2, -0.15) is 0 Å². The summed E-state index contributed by atoms with van der Waals surface area (Å²) in [5.74, 6) is -1.03. The lowest BCUT2D eigenvalue weighted by atomic mass is 9.93. The molecule has 1 unspecified atom stereocenters. The molecule has 124 valence electrons. The zero-order chi connectivity index (χ0) is 17.1. The van der Waals surface area contributed by atoms with Gasteiger partial charge in [-0.1, -0.05) is 48.5 Å². The van der Waals surface area contributed by atoms with Crippen molar-refractivity contribution in [2.24, 2.45) is 0 Å². The van der Waals surface area contributed by atoms with E-state index in [1.165, 1.54) is 4.90 Å². The van der Waals surface area contributed by atoms with E-state index in [0.29, 0.717) is 25.8 Å². The van der Waals surface area contributed by atoms with Gasteiger partial charge in [0.05, 0.1) is 0 Å². The first-order valence-corrected chi connectivity index (χ1v) is 8.20. The van der Waals surface area contributed by atoms with Crippen molar-refractivity contribution in [1.82, 2.24) is 4.90 Å². The van der Waals surface area contributed by atoms with Gasteiger partial charge in [0.25, 0.3) is 0 Å². The van der Waals surface area contributed by atoms with Crippen LogP contribution in [0.3, 0.4) is 0 Å². The lowest BCUT2D eigenvalue weighted by Gasteiger charge is -2.34. The van der Waals surface area contributed by atoms with E-state index in [1.807, 2.05) is 55.5 Å². The molecule has 2 aromatic rings. The predicted octanol–water partition coefficient (Wildman–Crippen LogP) is 2.97. The van der Waals surface area contributed by atoms with Gasteiger partial charge in [-0.05, 0) is 35.6 Å². The third-order valence-electron chi connectivity index (χ3n) is 4.72. The van der Waals surface area contributed by atoms with E-state index in [0.717, 1.165) is 22.3 Å². The van der Waals surface area contributed by atoms with Gasteiger partial charge in [-0.25, -0.2) is 4.79 Å². The highest BCUT2D eigenvalue weighted by atomic mass is 16.4. The number of aryl methyl sites for hydroxylation is 2. The Kier molecular flexibility index (Phi) is 4.65. The van der Waals surface area contributed by atoms with Gasteiger partial charge >= 0.3 is 5.97 Å². The van der Waals surface area contributed by atoms with Crippen molar-refractivity contribution in [3.8, 4) is 0 Å². The molecule has 4 nitrogen and oxygen atoms in total. The monoisotopic (exact) mass is 323 g/mol. The van der Waals surface area contributed by atoms with Crippen molar-refractivity contribution in [2.45, 2.75) is 38.8 Å². The summed E-state index contributed by atoms with van der Waals surface area (Å²) >= 11 is 0. The summed E-state index contributed by atoms with van der Waals surface area (Å²) in [4.78, 5) is 25.8. The number of carboxylic acid groups (broad SMARTS) is 1. The molecule has 1 aliphatic heterocycles. The SMILES string of the molecule is Cc1ccccc1CCC(=O)N1Cc2ccccc2CC1C(=O)O. The molecule has 0 radical (unpaired) electrons. The summed E-state index contributed by atoms with van der Waals surface area (Å²) < 4.78 is 0.